The van der Waals surface area contributed by atoms with Crippen LogP contribution in [0.2, 0.25) is 0 Å². The maximum atomic E-state index is 5.29. The van der Waals surface area contributed by atoms with Crippen LogP contribution in [0.3, 0.4) is 0 Å². The molecule has 1 aromatic carbocycles. The summed E-state index contributed by atoms with van der Waals surface area (Å²) in [5, 5.41) is 0. The van der Waals surface area contributed by atoms with Crippen LogP contribution in [0.5, 0.6) is 0 Å². The number of methoxy groups -OCH3 is 1. The molecule has 0 heterocycles. The Hall–Kier alpha value is -0.580. The molecule has 90 valence electrons. The van der Waals surface area contributed by atoms with Crippen LogP contribution in [-0.4, -0.2) is 33.6 Å². The zero-order valence-electron chi connectivity index (χ0n) is 9.78. The van der Waals surface area contributed by atoms with Gasteiger partial charge < -0.3 is 14.4 Å². The van der Waals surface area contributed by atoms with Crippen molar-refractivity contribution >= 4 is 21.6 Å². The highest BCUT2D eigenvalue weighted by Crippen LogP contribution is 2.17. The standard InChI is InChI=1S/C12H18BrNO2/c1-3-14(8-9-16-10-15-2)12-6-4-11(13)5-7-12/h4-7H,3,8-10H2,1-2H3. The molecule has 0 radical (unpaired) electrons. The topological polar surface area (TPSA) is 21.7 Å². The first-order chi connectivity index (χ1) is 7.77. The molecule has 0 N–H and O–H groups in total. The number of likely N-dealkylation sites (N-methyl/N-ethyl adjacent to an activating group) is 1. The van der Waals surface area contributed by atoms with E-state index in [4.69, 9.17) is 9.47 Å². The summed E-state index contributed by atoms with van der Waals surface area (Å²) in [4.78, 5) is 2.27. The van der Waals surface area contributed by atoms with Crippen LogP contribution in [0.1, 0.15) is 6.92 Å². The quantitative estimate of drug-likeness (QED) is 0.569. The molecule has 3 nitrogen and oxygen atoms in total. The second kappa shape index (κ2) is 7.65. The number of anilines is 1. The van der Waals surface area contributed by atoms with E-state index >= 15 is 0 Å². The molecule has 0 spiro atoms. The second-order valence-electron chi connectivity index (χ2n) is 3.37. The first kappa shape index (κ1) is 13.5. The van der Waals surface area contributed by atoms with Crippen LogP contribution >= 0.6 is 15.9 Å². The Balaban J connectivity index is 2.44. The molecular formula is C12H18BrNO2. The van der Waals surface area contributed by atoms with Crippen molar-refractivity contribution in [3.05, 3.63) is 28.7 Å². The van der Waals surface area contributed by atoms with Gasteiger partial charge in [0, 0.05) is 30.4 Å². The number of ether oxygens (including phenoxy) is 2. The summed E-state index contributed by atoms with van der Waals surface area (Å²) in [5.41, 5.74) is 1.21. The van der Waals surface area contributed by atoms with E-state index in [1.54, 1.807) is 7.11 Å². The lowest BCUT2D eigenvalue weighted by molar-refractivity contribution is -0.0274. The van der Waals surface area contributed by atoms with E-state index < -0.39 is 0 Å². The number of nitrogens with zero attached hydrogens (tertiary/aromatic N) is 1. The van der Waals surface area contributed by atoms with Crippen LogP contribution in [0.15, 0.2) is 28.7 Å². The van der Waals surface area contributed by atoms with Gasteiger partial charge in [-0.1, -0.05) is 15.9 Å². The summed E-state index contributed by atoms with van der Waals surface area (Å²) in [7, 11) is 1.63. The van der Waals surface area contributed by atoms with Crippen LogP contribution in [-0.2, 0) is 9.47 Å². The molecule has 1 aromatic rings. The van der Waals surface area contributed by atoms with Gasteiger partial charge in [-0.2, -0.15) is 0 Å². The monoisotopic (exact) mass is 287 g/mol. The predicted octanol–water partition coefficient (Wildman–Crippen LogP) is 2.90. The normalized spacial score (nSPS) is 10.4. The van der Waals surface area contributed by atoms with E-state index in [2.05, 4.69) is 39.9 Å². The average Bonchev–Trinajstić information content (AvgIpc) is 2.31. The van der Waals surface area contributed by atoms with E-state index in [9.17, 15) is 0 Å². The molecule has 0 unspecified atom stereocenters. The van der Waals surface area contributed by atoms with Crippen molar-refractivity contribution in [1.29, 1.82) is 0 Å². The summed E-state index contributed by atoms with van der Waals surface area (Å²) in [5.74, 6) is 0. The zero-order chi connectivity index (χ0) is 11.8. The lowest BCUT2D eigenvalue weighted by atomic mass is 10.3. The van der Waals surface area contributed by atoms with E-state index in [-0.39, 0.29) is 0 Å². The fourth-order valence-electron chi connectivity index (χ4n) is 1.44. The van der Waals surface area contributed by atoms with Crippen LogP contribution in [0.25, 0.3) is 0 Å². The van der Waals surface area contributed by atoms with Crippen molar-refractivity contribution in [3.63, 3.8) is 0 Å². The Morgan fingerprint density at radius 3 is 2.50 bits per heavy atom. The molecule has 0 bridgehead atoms. The third-order valence-corrected chi connectivity index (χ3v) is 2.81. The third-order valence-electron chi connectivity index (χ3n) is 2.28. The predicted molar refractivity (Wildman–Crippen MR) is 69.9 cm³/mol. The number of rotatable bonds is 7. The van der Waals surface area contributed by atoms with Crippen molar-refractivity contribution < 1.29 is 9.47 Å². The molecule has 0 fully saturated rings. The van der Waals surface area contributed by atoms with E-state index in [0.717, 1.165) is 17.6 Å². The average molecular weight is 288 g/mol. The van der Waals surface area contributed by atoms with Crippen molar-refractivity contribution in [1.82, 2.24) is 0 Å². The number of hydrogen-bond acceptors (Lipinski definition) is 3. The summed E-state index contributed by atoms with van der Waals surface area (Å²) < 4.78 is 11.2. The molecule has 0 aliphatic heterocycles. The Labute approximate surface area is 105 Å². The molecule has 0 saturated heterocycles. The summed E-state index contributed by atoms with van der Waals surface area (Å²) in [6, 6.07) is 8.30. The largest absolute Gasteiger partial charge is 0.369 e. The summed E-state index contributed by atoms with van der Waals surface area (Å²) >= 11 is 3.43. The van der Waals surface area contributed by atoms with Gasteiger partial charge in [-0.25, -0.2) is 0 Å². The van der Waals surface area contributed by atoms with Gasteiger partial charge in [-0.05, 0) is 31.2 Å². The first-order valence-corrected chi connectivity index (χ1v) is 6.14. The second-order valence-corrected chi connectivity index (χ2v) is 4.29. The Bertz CT molecular complexity index is 290. The van der Waals surface area contributed by atoms with Gasteiger partial charge in [0.15, 0.2) is 0 Å². The zero-order valence-corrected chi connectivity index (χ0v) is 11.4. The highest BCUT2D eigenvalue weighted by atomic mass is 79.9. The third kappa shape index (κ3) is 4.51. The van der Waals surface area contributed by atoms with Crippen LogP contribution in [0.4, 0.5) is 5.69 Å². The van der Waals surface area contributed by atoms with Gasteiger partial charge in [0.2, 0.25) is 0 Å². The summed E-state index contributed by atoms with van der Waals surface area (Å²) in [6.07, 6.45) is 0. The van der Waals surface area contributed by atoms with E-state index in [0.29, 0.717) is 13.4 Å². The molecule has 0 aliphatic carbocycles. The minimum absolute atomic E-state index is 0.359. The Morgan fingerprint density at radius 1 is 1.25 bits per heavy atom. The van der Waals surface area contributed by atoms with Crippen molar-refractivity contribution in [2.24, 2.45) is 0 Å². The molecule has 0 saturated carbocycles. The Morgan fingerprint density at radius 2 is 1.94 bits per heavy atom. The van der Waals surface area contributed by atoms with Gasteiger partial charge in [0.1, 0.15) is 6.79 Å². The Kier molecular flexibility index (Phi) is 6.45. The molecule has 1 rings (SSSR count). The molecule has 0 amide bonds. The van der Waals surface area contributed by atoms with Crippen molar-refractivity contribution in [2.45, 2.75) is 6.92 Å². The van der Waals surface area contributed by atoms with Crippen LogP contribution < -0.4 is 4.90 Å². The fraction of sp³-hybridized carbons (Fsp3) is 0.500. The van der Waals surface area contributed by atoms with Crippen molar-refractivity contribution in [2.75, 3.05) is 38.5 Å². The maximum Gasteiger partial charge on any atom is 0.146 e. The SMILES string of the molecule is CCN(CCOCOC)c1ccc(Br)cc1. The van der Waals surface area contributed by atoms with Gasteiger partial charge in [0.05, 0.1) is 6.61 Å². The summed E-state index contributed by atoms with van der Waals surface area (Å²) in [6.45, 7) is 5.02. The minimum atomic E-state index is 0.359. The lowest BCUT2D eigenvalue weighted by Crippen LogP contribution is -2.27. The molecule has 0 atom stereocenters. The van der Waals surface area contributed by atoms with Gasteiger partial charge in [-0.3, -0.25) is 0 Å². The molecule has 0 aliphatic rings. The van der Waals surface area contributed by atoms with E-state index in [1.165, 1.54) is 5.69 Å². The lowest BCUT2D eigenvalue weighted by Gasteiger charge is -2.22. The number of benzene rings is 1. The van der Waals surface area contributed by atoms with Crippen LogP contribution in [0, 0.1) is 0 Å². The van der Waals surface area contributed by atoms with Gasteiger partial charge in [-0.15, -0.1) is 0 Å². The fourth-order valence-corrected chi connectivity index (χ4v) is 1.70. The van der Waals surface area contributed by atoms with Gasteiger partial charge in [0.25, 0.3) is 0 Å². The number of hydrogen-bond donors (Lipinski definition) is 0. The minimum Gasteiger partial charge on any atom is -0.369 e. The molecule has 4 heteroatoms. The number of halogens is 1. The highest BCUT2D eigenvalue weighted by molar-refractivity contribution is 9.10. The first-order valence-electron chi connectivity index (χ1n) is 5.35. The van der Waals surface area contributed by atoms with Crippen molar-refractivity contribution in [3.8, 4) is 0 Å². The molecular weight excluding hydrogens is 270 g/mol. The maximum absolute atomic E-state index is 5.29. The highest BCUT2D eigenvalue weighted by Gasteiger charge is 2.03. The molecule has 0 aromatic heterocycles. The van der Waals surface area contributed by atoms with E-state index in [1.807, 2.05) is 12.1 Å². The van der Waals surface area contributed by atoms with Gasteiger partial charge >= 0.3 is 0 Å². The molecule has 16 heavy (non-hydrogen) atoms. The smallest absolute Gasteiger partial charge is 0.146 e.